The van der Waals surface area contributed by atoms with Crippen molar-refractivity contribution in [2.24, 2.45) is 4.99 Å². The molecule has 0 heterocycles. The second-order valence-electron chi connectivity index (χ2n) is 6.11. The molecule has 5 nitrogen and oxygen atoms in total. The summed E-state index contributed by atoms with van der Waals surface area (Å²) in [6.45, 7) is 10.4. The Balaban J connectivity index is 0.00000484. The highest BCUT2D eigenvalue weighted by atomic mass is 127. The van der Waals surface area contributed by atoms with Gasteiger partial charge in [-0.2, -0.15) is 0 Å². The molecular weight excluding hydrogens is 403 g/mol. The fourth-order valence-corrected chi connectivity index (χ4v) is 1.83. The van der Waals surface area contributed by atoms with E-state index < -0.39 is 0 Å². The molecule has 0 atom stereocenters. The standard InChI is InChI=1S/C17H28N4O.HI/c1-5-18-16(21-17(2,3)4)20-13-9-12-19-15(22)14-10-7-6-8-11-14;/h6-8,10-11H,5,9,12-13H2,1-4H3,(H,19,22)(H2,18,20,21);1H. The van der Waals surface area contributed by atoms with E-state index in [1.165, 1.54) is 0 Å². The van der Waals surface area contributed by atoms with E-state index in [4.69, 9.17) is 0 Å². The minimum atomic E-state index is -0.0377. The molecule has 1 aromatic carbocycles. The van der Waals surface area contributed by atoms with E-state index in [1.54, 1.807) is 0 Å². The van der Waals surface area contributed by atoms with Crippen LogP contribution in [0.1, 0.15) is 44.5 Å². The fraction of sp³-hybridized carbons (Fsp3) is 0.529. The summed E-state index contributed by atoms with van der Waals surface area (Å²) >= 11 is 0. The number of hydrogen-bond donors (Lipinski definition) is 3. The maximum Gasteiger partial charge on any atom is 0.251 e. The Morgan fingerprint density at radius 2 is 1.78 bits per heavy atom. The van der Waals surface area contributed by atoms with Gasteiger partial charge in [0.1, 0.15) is 0 Å². The van der Waals surface area contributed by atoms with Crippen molar-refractivity contribution in [1.29, 1.82) is 0 Å². The average molecular weight is 432 g/mol. The van der Waals surface area contributed by atoms with E-state index in [2.05, 4.69) is 41.7 Å². The van der Waals surface area contributed by atoms with Gasteiger partial charge in [-0.25, -0.2) is 0 Å². The molecule has 0 radical (unpaired) electrons. The molecule has 0 spiro atoms. The summed E-state index contributed by atoms with van der Waals surface area (Å²) in [7, 11) is 0. The number of amides is 1. The molecule has 0 saturated carbocycles. The fourth-order valence-electron chi connectivity index (χ4n) is 1.83. The third-order valence-corrected chi connectivity index (χ3v) is 2.76. The van der Waals surface area contributed by atoms with Crippen molar-refractivity contribution in [3.8, 4) is 0 Å². The van der Waals surface area contributed by atoms with Crippen LogP contribution in [-0.4, -0.2) is 37.0 Å². The van der Waals surface area contributed by atoms with Gasteiger partial charge in [-0.05, 0) is 46.2 Å². The van der Waals surface area contributed by atoms with Crippen molar-refractivity contribution in [1.82, 2.24) is 16.0 Å². The molecule has 1 aromatic rings. The van der Waals surface area contributed by atoms with Gasteiger partial charge >= 0.3 is 0 Å². The lowest BCUT2D eigenvalue weighted by molar-refractivity contribution is 0.0953. The molecule has 0 aliphatic rings. The van der Waals surface area contributed by atoms with E-state index >= 15 is 0 Å². The zero-order valence-corrected chi connectivity index (χ0v) is 16.8. The molecule has 6 heteroatoms. The van der Waals surface area contributed by atoms with Gasteiger partial charge in [0.05, 0.1) is 0 Å². The van der Waals surface area contributed by atoms with Gasteiger partial charge in [-0.15, -0.1) is 24.0 Å². The quantitative estimate of drug-likeness (QED) is 0.280. The van der Waals surface area contributed by atoms with Gasteiger partial charge in [0, 0.05) is 30.7 Å². The number of rotatable bonds is 6. The molecule has 1 amide bonds. The first-order valence-electron chi connectivity index (χ1n) is 7.82. The lowest BCUT2D eigenvalue weighted by atomic mass is 10.1. The zero-order valence-electron chi connectivity index (χ0n) is 14.5. The van der Waals surface area contributed by atoms with Crippen LogP contribution in [0.15, 0.2) is 35.3 Å². The SMILES string of the molecule is CCNC(=NCCCNC(=O)c1ccccc1)NC(C)(C)C.I. The zero-order chi connectivity index (χ0) is 16.4. The number of carbonyl (C=O) groups is 1. The first-order chi connectivity index (χ1) is 10.4. The highest BCUT2D eigenvalue weighted by molar-refractivity contribution is 14.0. The maximum absolute atomic E-state index is 11.9. The smallest absolute Gasteiger partial charge is 0.251 e. The number of guanidine groups is 1. The number of halogens is 1. The Hall–Kier alpha value is -1.31. The van der Waals surface area contributed by atoms with E-state index in [0.29, 0.717) is 18.7 Å². The molecule has 0 unspecified atom stereocenters. The van der Waals surface area contributed by atoms with Crippen molar-refractivity contribution in [3.63, 3.8) is 0 Å². The number of nitrogens with zero attached hydrogens (tertiary/aromatic N) is 1. The molecule has 0 fully saturated rings. The normalized spacial score (nSPS) is 11.4. The lowest BCUT2D eigenvalue weighted by Crippen LogP contribution is -2.47. The number of carbonyl (C=O) groups excluding carboxylic acids is 1. The third kappa shape index (κ3) is 10.1. The maximum atomic E-state index is 11.9. The van der Waals surface area contributed by atoms with Crippen molar-refractivity contribution >= 4 is 35.8 Å². The summed E-state index contributed by atoms with van der Waals surface area (Å²) in [5.74, 6) is 0.772. The summed E-state index contributed by atoms with van der Waals surface area (Å²) in [5.41, 5.74) is 0.663. The predicted octanol–water partition coefficient (Wildman–Crippen LogP) is 2.78. The van der Waals surface area contributed by atoms with Gasteiger partial charge in [0.25, 0.3) is 5.91 Å². The number of aliphatic imine (C=N–C) groups is 1. The number of nitrogens with one attached hydrogen (secondary N) is 3. The summed E-state index contributed by atoms with van der Waals surface area (Å²) in [6, 6.07) is 9.24. The average Bonchev–Trinajstić information content (AvgIpc) is 2.46. The van der Waals surface area contributed by atoms with Crippen molar-refractivity contribution < 1.29 is 4.79 Å². The second kappa shape index (κ2) is 11.3. The van der Waals surface area contributed by atoms with Crippen molar-refractivity contribution in [3.05, 3.63) is 35.9 Å². The van der Waals surface area contributed by atoms with Gasteiger partial charge in [-0.3, -0.25) is 9.79 Å². The Bertz CT molecular complexity index is 483. The van der Waals surface area contributed by atoms with E-state index in [-0.39, 0.29) is 35.4 Å². The molecule has 3 N–H and O–H groups in total. The van der Waals surface area contributed by atoms with Crippen LogP contribution in [0.2, 0.25) is 0 Å². The molecule has 23 heavy (non-hydrogen) atoms. The molecular formula is C17H29IN4O. The van der Waals surface area contributed by atoms with Crippen LogP contribution in [0.3, 0.4) is 0 Å². The van der Waals surface area contributed by atoms with Crippen molar-refractivity contribution in [2.45, 2.75) is 39.7 Å². The monoisotopic (exact) mass is 432 g/mol. The van der Waals surface area contributed by atoms with Gasteiger partial charge in [0.2, 0.25) is 0 Å². The molecule has 0 aliphatic heterocycles. The summed E-state index contributed by atoms with van der Waals surface area (Å²) in [4.78, 5) is 16.4. The van der Waals surface area contributed by atoms with Crippen molar-refractivity contribution in [2.75, 3.05) is 19.6 Å². The Kier molecular flexibility index (Phi) is 10.6. The Labute approximate surface area is 156 Å². The van der Waals surface area contributed by atoms with E-state index in [1.807, 2.05) is 37.3 Å². The van der Waals surface area contributed by atoms with Crippen LogP contribution in [-0.2, 0) is 0 Å². The number of benzene rings is 1. The lowest BCUT2D eigenvalue weighted by Gasteiger charge is -2.23. The highest BCUT2D eigenvalue weighted by Crippen LogP contribution is 1.99. The van der Waals surface area contributed by atoms with Gasteiger partial charge in [0.15, 0.2) is 5.96 Å². The summed E-state index contributed by atoms with van der Waals surface area (Å²) in [5, 5.41) is 9.45. The van der Waals surface area contributed by atoms with Crippen LogP contribution in [0.5, 0.6) is 0 Å². The van der Waals surface area contributed by atoms with Gasteiger partial charge in [-0.1, -0.05) is 18.2 Å². The second-order valence-corrected chi connectivity index (χ2v) is 6.11. The van der Waals surface area contributed by atoms with Crippen LogP contribution in [0.4, 0.5) is 0 Å². The van der Waals surface area contributed by atoms with Crippen LogP contribution >= 0.6 is 24.0 Å². The molecule has 0 saturated heterocycles. The van der Waals surface area contributed by atoms with Crippen LogP contribution in [0.25, 0.3) is 0 Å². The Morgan fingerprint density at radius 3 is 2.35 bits per heavy atom. The minimum Gasteiger partial charge on any atom is -0.357 e. The van der Waals surface area contributed by atoms with Crippen LogP contribution < -0.4 is 16.0 Å². The largest absolute Gasteiger partial charge is 0.357 e. The summed E-state index contributed by atoms with van der Waals surface area (Å²) < 4.78 is 0. The highest BCUT2D eigenvalue weighted by Gasteiger charge is 2.11. The molecule has 0 aromatic heterocycles. The Morgan fingerprint density at radius 1 is 1.13 bits per heavy atom. The predicted molar refractivity (Wildman–Crippen MR) is 108 cm³/mol. The topological polar surface area (TPSA) is 65.5 Å². The number of hydrogen-bond acceptors (Lipinski definition) is 2. The first kappa shape index (κ1) is 21.7. The molecule has 130 valence electrons. The first-order valence-corrected chi connectivity index (χ1v) is 7.82. The minimum absolute atomic E-state index is 0. The van der Waals surface area contributed by atoms with Gasteiger partial charge < -0.3 is 16.0 Å². The third-order valence-electron chi connectivity index (χ3n) is 2.76. The van der Waals surface area contributed by atoms with Crippen LogP contribution in [0, 0.1) is 0 Å². The molecule has 0 bridgehead atoms. The molecule has 1 rings (SSSR count). The van der Waals surface area contributed by atoms with E-state index in [0.717, 1.165) is 18.9 Å². The summed E-state index contributed by atoms with van der Waals surface area (Å²) in [6.07, 6.45) is 0.805. The van der Waals surface area contributed by atoms with E-state index in [9.17, 15) is 4.79 Å². The molecule has 0 aliphatic carbocycles.